The molecule has 2 heterocycles. The van der Waals surface area contributed by atoms with Crippen molar-refractivity contribution in [2.75, 3.05) is 6.54 Å². The van der Waals surface area contributed by atoms with Gasteiger partial charge in [-0.2, -0.15) is 18.4 Å². The maximum absolute atomic E-state index is 13.2. The van der Waals surface area contributed by atoms with Crippen LogP contribution < -0.4 is 5.32 Å². The highest BCUT2D eigenvalue weighted by Gasteiger charge is 2.40. The second-order valence-corrected chi connectivity index (χ2v) is 11.1. The lowest BCUT2D eigenvalue weighted by atomic mass is 9.86. The van der Waals surface area contributed by atoms with Crippen molar-refractivity contribution < 1.29 is 31.2 Å². The van der Waals surface area contributed by atoms with Gasteiger partial charge in [0.1, 0.15) is 11.7 Å². The number of pyridine rings is 1. The number of nitrogens with one attached hydrogen (secondary N) is 1. The number of carbonyl (C=O) groups is 2. The molecule has 1 saturated carbocycles. The third kappa shape index (κ3) is 5.21. The minimum atomic E-state index is -4.56. The van der Waals surface area contributed by atoms with Gasteiger partial charge < -0.3 is 10.2 Å². The monoisotopic (exact) mass is 520 g/mol. The van der Waals surface area contributed by atoms with Crippen molar-refractivity contribution in [2.45, 2.75) is 54.6 Å². The maximum Gasteiger partial charge on any atom is 0.433 e. The summed E-state index contributed by atoms with van der Waals surface area (Å²) in [4.78, 5) is 30.7. The standard InChI is InChI=1S/C24H23F3N4O4S/c25-24(26,27)21-7-6-15(13-29-21)14-30-22(32)20-5-2-8-31(20)23(33)17-3-1-4-18(11-17)36(34,35)19-9-16(10-19)12-28/h1,3-4,6-7,11,13,16,19-20H,2,5,8-10,14H2,(H,30,32)/t16-,19-,20-/m1/s1. The third-order valence-electron chi connectivity index (χ3n) is 6.52. The summed E-state index contributed by atoms with van der Waals surface area (Å²) in [5, 5.41) is 10.9. The molecule has 1 saturated heterocycles. The van der Waals surface area contributed by atoms with E-state index in [2.05, 4.69) is 16.4 Å². The van der Waals surface area contributed by atoms with Crippen molar-refractivity contribution in [3.05, 3.63) is 59.4 Å². The van der Waals surface area contributed by atoms with Gasteiger partial charge in [0.2, 0.25) is 5.91 Å². The molecular weight excluding hydrogens is 497 g/mol. The fraction of sp³-hybridized carbons (Fsp3) is 0.417. The Morgan fingerprint density at radius 1 is 1.19 bits per heavy atom. The Kier molecular flexibility index (Phi) is 7.04. The number of rotatable bonds is 6. The molecule has 1 aromatic heterocycles. The van der Waals surface area contributed by atoms with Crippen molar-refractivity contribution in [1.82, 2.24) is 15.2 Å². The van der Waals surface area contributed by atoms with E-state index in [9.17, 15) is 31.2 Å². The van der Waals surface area contributed by atoms with Gasteiger partial charge in [-0.3, -0.25) is 14.6 Å². The molecule has 2 aliphatic rings. The van der Waals surface area contributed by atoms with E-state index >= 15 is 0 Å². The first-order chi connectivity index (χ1) is 17.0. The van der Waals surface area contributed by atoms with E-state index in [0.29, 0.717) is 24.9 Å². The fourth-order valence-electron chi connectivity index (χ4n) is 4.37. The number of sulfone groups is 1. The van der Waals surface area contributed by atoms with E-state index in [1.807, 2.05) is 0 Å². The average Bonchev–Trinajstić information content (AvgIpc) is 3.31. The van der Waals surface area contributed by atoms with Crippen LogP contribution in [0.3, 0.4) is 0 Å². The van der Waals surface area contributed by atoms with Crippen LogP contribution in [0.2, 0.25) is 0 Å². The van der Waals surface area contributed by atoms with Gasteiger partial charge in [0.05, 0.1) is 16.2 Å². The first-order valence-electron chi connectivity index (χ1n) is 11.3. The van der Waals surface area contributed by atoms with Crippen LogP contribution in [0.25, 0.3) is 0 Å². The Labute approximate surface area is 206 Å². The van der Waals surface area contributed by atoms with Gasteiger partial charge in [-0.1, -0.05) is 12.1 Å². The molecule has 0 bridgehead atoms. The first-order valence-corrected chi connectivity index (χ1v) is 12.9. The number of hydrogen-bond donors (Lipinski definition) is 1. The lowest BCUT2D eigenvalue weighted by Gasteiger charge is -2.30. The van der Waals surface area contributed by atoms with Crippen molar-refractivity contribution in [3.63, 3.8) is 0 Å². The minimum absolute atomic E-state index is 0.00439. The summed E-state index contributed by atoms with van der Waals surface area (Å²) >= 11 is 0. The van der Waals surface area contributed by atoms with Gasteiger partial charge in [0, 0.05) is 30.8 Å². The van der Waals surface area contributed by atoms with E-state index in [0.717, 1.165) is 12.3 Å². The van der Waals surface area contributed by atoms with Crippen molar-refractivity contribution in [1.29, 1.82) is 5.26 Å². The van der Waals surface area contributed by atoms with E-state index in [1.54, 1.807) is 0 Å². The predicted molar refractivity (Wildman–Crippen MR) is 121 cm³/mol. The highest BCUT2D eigenvalue weighted by atomic mass is 32.2. The van der Waals surface area contributed by atoms with Crippen LogP contribution in [0.1, 0.15) is 47.3 Å². The quantitative estimate of drug-likeness (QED) is 0.625. The zero-order valence-corrected chi connectivity index (χ0v) is 19.8. The molecule has 1 atom stereocenters. The van der Waals surface area contributed by atoms with E-state index in [4.69, 9.17) is 5.26 Å². The number of amides is 2. The number of nitrogens with zero attached hydrogens (tertiary/aromatic N) is 3. The number of nitriles is 1. The highest BCUT2D eigenvalue weighted by Crippen LogP contribution is 2.36. The lowest BCUT2D eigenvalue weighted by Crippen LogP contribution is -2.45. The topological polar surface area (TPSA) is 120 Å². The zero-order valence-electron chi connectivity index (χ0n) is 19.0. The molecular formula is C24H23F3N4O4S. The Morgan fingerprint density at radius 3 is 2.58 bits per heavy atom. The number of benzene rings is 1. The summed E-state index contributed by atoms with van der Waals surface area (Å²) in [6, 6.07) is 9.00. The number of aromatic nitrogens is 1. The molecule has 4 rings (SSSR count). The van der Waals surface area contributed by atoms with Crippen LogP contribution in [0.5, 0.6) is 0 Å². The number of halogens is 3. The molecule has 1 aliphatic carbocycles. The molecule has 190 valence electrons. The van der Waals surface area contributed by atoms with Gasteiger partial charge in [-0.25, -0.2) is 8.42 Å². The molecule has 0 spiro atoms. The average molecular weight is 521 g/mol. The summed E-state index contributed by atoms with van der Waals surface area (Å²) < 4.78 is 63.7. The van der Waals surface area contributed by atoms with Crippen LogP contribution in [0.15, 0.2) is 47.5 Å². The second-order valence-electron chi connectivity index (χ2n) is 8.92. The first kappa shape index (κ1) is 25.6. The fourth-order valence-corrected chi connectivity index (χ4v) is 6.29. The summed E-state index contributed by atoms with van der Waals surface area (Å²) in [5.74, 6) is -1.22. The second kappa shape index (κ2) is 9.89. The largest absolute Gasteiger partial charge is 0.433 e. The van der Waals surface area contributed by atoms with Crippen molar-refractivity contribution in [2.24, 2.45) is 5.92 Å². The number of likely N-dealkylation sites (tertiary alicyclic amines) is 1. The van der Waals surface area contributed by atoms with Crippen LogP contribution in [0.4, 0.5) is 13.2 Å². The SMILES string of the molecule is N#C[C@H]1C[C@H](S(=O)(=O)c2cccc(C(=O)N3CCC[C@@H]3C(=O)NCc3ccc(C(F)(F)F)nc3)c2)C1. The number of carbonyl (C=O) groups excluding carboxylic acids is 2. The van der Waals surface area contributed by atoms with E-state index in [-0.39, 0.29) is 35.8 Å². The number of hydrogen-bond acceptors (Lipinski definition) is 6. The third-order valence-corrected chi connectivity index (χ3v) is 8.70. The van der Waals surface area contributed by atoms with Crippen LogP contribution >= 0.6 is 0 Å². The van der Waals surface area contributed by atoms with Gasteiger partial charge in [-0.15, -0.1) is 0 Å². The molecule has 0 radical (unpaired) electrons. The molecule has 1 N–H and O–H groups in total. The summed E-state index contributed by atoms with van der Waals surface area (Å²) in [7, 11) is -3.68. The van der Waals surface area contributed by atoms with E-state index < -0.39 is 44.8 Å². The minimum Gasteiger partial charge on any atom is -0.350 e. The molecule has 1 aliphatic heterocycles. The van der Waals surface area contributed by atoms with Gasteiger partial charge in [-0.05, 0) is 55.5 Å². The lowest BCUT2D eigenvalue weighted by molar-refractivity contribution is -0.141. The molecule has 2 aromatic rings. The Morgan fingerprint density at radius 2 is 1.94 bits per heavy atom. The maximum atomic E-state index is 13.2. The smallest absolute Gasteiger partial charge is 0.350 e. The van der Waals surface area contributed by atoms with Crippen molar-refractivity contribution >= 4 is 21.7 Å². The summed E-state index contributed by atoms with van der Waals surface area (Å²) in [5.41, 5.74) is -0.518. The van der Waals surface area contributed by atoms with E-state index in [1.165, 1.54) is 35.2 Å². The molecule has 1 aromatic carbocycles. The molecule has 12 heteroatoms. The van der Waals surface area contributed by atoms with Crippen molar-refractivity contribution in [3.8, 4) is 6.07 Å². The molecule has 0 unspecified atom stereocenters. The molecule has 36 heavy (non-hydrogen) atoms. The molecule has 8 nitrogen and oxygen atoms in total. The Bertz CT molecular complexity index is 1300. The number of alkyl halides is 3. The molecule has 2 amide bonds. The highest BCUT2D eigenvalue weighted by molar-refractivity contribution is 7.92. The normalized spacial score (nSPS) is 21.9. The van der Waals surface area contributed by atoms with Gasteiger partial charge >= 0.3 is 6.18 Å². The Hall–Kier alpha value is -3.46. The Balaban J connectivity index is 1.42. The van der Waals surface area contributed by atoms with Crippen LogP contribution in [-0.4, -0.2) is 48.0 Å². The zero-order chi connectivity index (χ0) is 26.1. The summed E-state index contributed by atoms with van der Waals surface area (Å²) in [6.07, 6.45) is -2.02. The molecule has 2 fully saturated rings. The summed E-state index contributed by atoms with van der Waals surface area (Å²) in [6.45, 7) is 0.253. The van der Waals surface area contributed by atoms with Crippen LogP contribution in [0, 0.1) is 17.2 Å². The van der Waals surface area contributed by atoms with Gasteiger partial charge in [0.25, 0.3) is 5.91 Å². The predicted octanol–water partition coefficient (Wildman–Crippen LogP) is 3.10. The van der Waals surface area contributed by atoms with Crippen LogP contribution in [-0.2, 0) is 27.4 Å². The van der Waals surface area contributed by atoms with Gasteiger partial charge in [0.15, 0.2) is 9.84 Å².